The lowest BCUT2D eigenvalue weighted by Crippen LogP contribution is -1.99. The molecule has 0 amide bonds. The second-order valence-electron chi connectivity index (χ2n) is 2.97. The van der Waals surface area contributed by atoms with Gasteiger partial charge in [-0.2, -0.15) is 13.2 Å². The predicted octanol–water partition coefficient (Wildman–Crippen LogP) is 3.61. The van der Waals surface area contributed by atoms with Crippen LogP contribution in [-0.2, 0) is 0 Å². The Morgan fingerprint density at radius 3 is 2.71 bits per heavy atom. The number of alkyl halides is 3. The van der Waals surface area contributed by atoms with Crippen molar-refractivity contribution in [2.24, 2.45) is 0 Å². The standard InChI is InChI=1S/C9H4F3NO2S2/c10-9(11,12)17-5-3-1-2-4-6(5)13-7(16-4)8(14)15/h1-3H,(H,14,15). The molecule has 2 aromatic rings. The van der Waals surface area contributed by atoms with Gasteiger partial charge in [-0.25, -0.2) is 9.78 Å². The van der Waals surface area contributed by atoms with Gasteiger partial charge in [-0.1, -0.05) is 6.07 Å². The van der Waals surface area contributed by atoms with Gasteiger partial charge in [0, 0.05) is 4.90 Å². The van der Waals surface area contributed by atoms with Crippen LogP contribution in [0.2, 0.25) is 0 Å². The maximum absolute atomic E-state index is 12.3. The molecule has 0 aliphatic heterocycles. The summed E-state index contributed by atoms with van der Waals surface area (Å²) in [6.07, 6.45) is 0. The summed E-state index contributed by atoms with van der Waals surface area (Å²) in [5.41, 5.74) is -4.33. The average molecular weight is 279 g/mol. The van der Waals surface area contributed by atoms with Crippen molar-refractivity contribution in [2.45, 2.75) is 10.4 Å². The second kappa shape index (κ2) is 4.19. The van der Waals surface area contributed by atoms with Crippen molar-refractivity contribution >= 4 is 39.3 Å². The first kappa shape index (κ1) is 12.2. The Bertz CT molecular complexity index is 579. The number of para-hydroxylation sites is 1. The van der Waals surface area contributed by atoms with Gasteiger partial charge in [0.15, 0.2) is 0 Å². The molecule has 0 fully saturated rings. The van der Waals surface area contributed by atoms with Crippen LogP contribution >= 0.6 is 23.1 Å². The van der Waals surface area contributed by atoms with E-state index in [-0.39, 0.29) is 27.2 Å². The molecule has 90 valence electrons. The summed E-state index contributed by atoms with van der Waals surface area (Å²) < 4.78 is 37.2. The number of halogens is 3. The smallest absolute Gasteiger partial charge is 0.446 e. The van der Waals surface area contributed by atoms with Crippen molar-refractivity contribution in [3.63, 3.8) is 0 Å². The number of nitrogens with zero attached hydrogens (tertiary/aromatic N) is 1. The number of carbonyl (C=O) groups is 1. The molecule has 2 rings (SSSR count). The minimum absolute atomic E-state index is 0.0808. The van der Waals surface area contributed by atoms with E-state index in [0.717, 1.165) is 11.3 Å². The maximum atomic E-state index is 12.3. The number of aromatic nitrogens is 1. The monoisotopic (exact) mass is 279 g/mol. The van der Waals surface area contributed by atoms with E-state index in [1.165, 1.54) is 12.1 Å². The van der Waals surface area contributed by atoms with E-state index >= 15 is 0 Å². The number of thioether (sulfide) groups is 1. The van der Waals surface area contributed by atoms with E-state index in [2.05, 4.69) is 4.98 Å². The van der Waals surface area contributed by atoms with Crippen LogP contribution < -0.4 is 0 Å². The summed E-state index contributed by atoms with van der Waals surface area (Å²) in [6, 6.07) is 4.26. The number of carboxylic acid groups (broad SMARTS) is 1. The molecular weight excluding hydrogens is 275 g/mol. The fourth-order valence-corrected chi connectivity index (χ4v) is 2.77. The van der Waals surface area contributed by atoms with Gasteiger partial charge in [-0.05, 0) is 23.9 Å². The molecule has 8 heteroatoms. The summed E-state index contributed by atoms with van der Waals surface area (Å²) in [4.78, 5) is 14.3. The summed E-state index contributed by atoms with van der Waals surface area (Å²) in [5, 5.41) is 8.52. The Balaban J connectivity index is 2.53. The van der Waals surface area contributed by atoms with Gasteiger partial charge in [0.25, 0.3) is 0 Å². The molecule has 0 unspecified atom stereocenters. The Morgan fingerprint density at radius 1 is 1.41 bits per heavy atom. The third kappa shape index (κ3) is 2.70. The van der Waals surface area contributed by atoms with Crippen LogP contribution in [-0.4, -0.2) is 21.6 Å². The highest BCUT2D eigenvalue weighted by Crippen LogP contribution is 2.40. The zero-order chi connectivity index (χ0) is 12.6. The van der Waals surface area contributed by atoms with Crippen LogP contribution in [0.5, 0.6) is 0 Å². The molecule has 0 saturated carbocycles. The first-order valence-electron chi connectivity index (χ1n) is 4.25. The molecule has 1 N–H and O–H groups in total. The van der Waals surface area contributed by atoms with Crippen LogP contribution in [0, 0.1) is 0 Å². The SMILES string of the molecule is O=C(O)c1nc2c(SC(F)(F)F)cccc2s1. The fraction of sp³-hybridized carbons (Fsp3) is 0.111. The third-order valence-corrected chi connectivity index (χ3v) is 3.58. The molecular formula is C9H4F3NO2S2. The van der Waals surface area contributed by atoms with Crippen molar-refractivity contribution in [1.29, 1.82) is 0 Å². The lowest BCUT2D eigenvalue weighted by molar-refractivity contribution is -0.0327. The van der Waals surface area contributed by atoms with E-state index in [1.54, 1.807) is 6.07 Å². The van der Waals surface area contributed by atoms with E-state index in [9.17, 15) is 18.0 Å². The molecule has 1 heterocycles. The van der Waals surface area contributed by atoms with Gasteiger partial charge in [0.05, 0.1) is 10.2 Å². The molecule has 1 aromatic heterocycles. The van der Waals surface area contributed by atoms with E-state index < -0.39 is 11.5 Å². The van der Waals surface area contributed by atoms with Gasteiger partial charge in [0.1, 0.15) is 0 Å². The molecule has 0 saturated heterocycles. The van der Waals surface area contributed by atoms with E-state index in [1.807, 2.05) is 0 Å². The third-order valence-electron chi connectivity index (χ3n) is 1.79. The fourth-order valence-electron chi connectivity index (χ4n) is 1.22. The molecule has 0 spiro atoms. The zero-order valence-corrected chi connectivity index (χ0v) is 9.62. The number of carboxylic acids is 1. The number of thiazole rings is 1. The van der Waals surface area contributed by atoms with Gasteiger partial charge < -0.3 is 5.11 Å². The number of hydrogen-bond donors (Lipinski definition) is 1. The molecule has 0 atom stereocenters. The Labute approximate surface area is 101 Å². The van der Waals surface area contributed by atoms with Gasteiger partial charge in [0.2, 0.25) is 5.01 Å². The van der Waals surface area contributed by atoms with Crippen LogP contribution in [0.3, 0.4) is 0 Å². The van der Waals surface area contributed by atoms with Crippen LogP contribution in [0.1, 0.15) is 9.80 Å². The molecule has 0 aliphatic rings. The predicted molar refractivity (Wildman–Crippen MR) is 58.5 cm³/mol. The average Bonchev–Trinajstić information content (AvgIpc) is 2.60. The first-order chi connectivity index (χ1) is 7.87. The summed E-state index contributed by atoms with van der Waals surface area (Å²) >= 11 is 0.561. The largest absolute Gasteiger partial charge is 0.476 e. The Hall–Kier alpha value is -1.28. The summed E-state index contributed by atoms with van der Waals surface area (Å²) in [7, 11) is 0. The molecule has 0 bridgehead atoms. The molecule has 17 heavy (non-hydrogen) atoms. The van der Waals surface area contributed by atoms with Crippen LogP contribution in [0.25, 0.3) is 10.2 Å². The minimum atomic E-state index is -4.42. The highest BCUT2D eigenvalue weighted by molar-refractivity contribution is 8.00. The van der Waals surface area contributed by atoms with E-state index in [0.29, 0.717) is 4.70 Å². The number of hydrogen-bond acceptors (Lipinski definition) is 4. The summed E-state index contributed by atoms with van der Waals surface area (Å²) in [5.74, 6) is -1.24. The van der Waals surface area contributed by atoms with Gasteiger partial charge in [-0.15, -0.1) is 11.3 Å². The van der Waals surface area contributed by atoms with Gasteiger partial charge in [-0.3, -0.25) is 0 Å². The number of aromatic carboxylic acids is 1. The lowest BCUT2D eigenvalue weighted by Gasteiger charge is -2.05. The molecule has 1 aromatic carbocycles. The molecule has 0 aliphatic carbocycles. The Kier molecular flexibility index (Phi) is 3.00. The first-order valence-corrected chi connectivity index (χ1v) is 5.89. The van der Waals surface area contributed by atoms with Crippen molar-refractivity contribution in [3.8, 4) is 0 Å². The molecule has 3 nitrogen and oxygen atoms in total. The zero-order valence-electron chi connectivity index (χ0n) is 7.99. The maximum Gasteiger partial charge on any atom is 0.446 e. The number of rotatable bonds is 2. The van der Waals surface area contributed by atoms with Crippen LogP contribution in [0.4, 0.5) is 13.2 Å². The quantitative estimate of drug-likeness (QED) is 0.853. The van der Waals surface area contributed by atoms with Gasteiger partial charge >= 0.3 is 11.5 Å². The second-order valence-corrected chi connectivity index (χ2v) is 5.11. The highest BCUT2D eigenvalue weighted by atomic mass is 32.2. The normalized spacial score (nSPS) is 11.9. The van der Waals surface area contributed by atoms with Crippen molar-refractivity contribution in [3.05, 3.63) is 23.2 Å². The lowest BCUT2D eigenvalue weighted by atomic mass is 10.3. The van der Waals surface area contributed by atoms with Crippen LogP contribution in [0.15, 0.2) is 23.1 Å². The summed E-state index contributed by atoms with van der Waals surface area (Å²) in [6.45, 7) is 0. The minimum Gasteiger partial charge on any atom is -0.476 e. The topological polar surface area (TPSA) is 50.2 Å². The Morgan fingerprint density at radius 2 is 2.12 bits per heavy atom. The molecule has 0 radical (unpaired) electrons. The van der Waals surface area contributed by atoms with Crippen molar-refractivity contribution in [1.82, 2.24) is 4.98 Å². The van der Waals surface area contributed by atoms with Crippen molar-refractivity contribution < 1.29 is 23.1 Å². The number of benzene rings is 1. The van der Waals surface area contributed by atoms with Crippen molar-refractivity contribution in [2.75, 3.05) is 0 Å². The number of fused-ring (bicyclic) bond motifs is 1. The highest BCUT2D eigenvalue weighted by Gasteiger charge is 2.30. The van der Waals surface area contributed by atoms with E-state index in [4.69, 9.17) is 5.11 Å².